The predicted octanol–water partition coefficient (Wildman–Crippen LogP) is 1.59. The summed E-state index contributed by atoms with van der Waals surface area (Å²) in [5, 5.41) is 20.0. The van der Waals surface area contributed by atoms with Gasteiger partial charge in [-0.15, -0.1) is 0 Å². The molecule has 4 N–H and O–H groups in total. The second-order valence-electron chi connectivity index (χ2n) is 4.17. The summed E-state index contributed by atoms with van der Waals surface area (Å²) >= 11 is 0. The first-order chi connectivity index (χ1) is 8.16. The highest BCUT2D eigenvalue weighted by Crippen LogP contribution is 2.01. The van der Waals surface area contributed by atoms with Gasteiger partial charge in [0.2, 0.25) is 0 Å². The zero-order chi connectivity index (χ0) is 12.9. The number of nitrogens with one attached hydrogen (secondary N) is 1. The number of carbonyl (C=O) groups is 1. The summed E-state index contributed by atoms with van der Waals surface area (Å²) in [5.41, 5.74) is 5.83. The van der Waals surface area contributed by atoms with Crippen molar-refractivity contribution in [3.63, 3.8) is 0 Å². The molecule has 0 bridgehead atoms. The Bertz CT molecular complexity index is 238. The van der Waals surface area contributed by atoms with E-state index in [-0.39, 0.29) is 12.6 Å². The fourth-order valence-electron chi connectivity index (χ4n) is 1.54. The lowest BCUT2D eigenvalue weighted by molar-refractivity contribution is -0.137. The van der Waals surface area contributed by atoms with Crippen LogP contribution in [-0.4, -0.2) is 23.8 Å². The molecule has 0 aliphatic heterocycles. The van der Waals surface area contributed by atoms with Gasteiger partial charge < -0.3 is 16.2 Å². The Morgan fingerprint density at radius 3 is 2.71 bits per heavy atom. The van der Waals surface area contributed by atoms with Gasteiger partial charge in [-0.2, -0.15) is 5.26 Å². The van der Waals surface area contributed by atoms with Gasteiger partial charge in [0, 0.05) is 12.8 Å². The van der Waals surface area contributed by atoms with Gasteiger partial charge in [-0.05, 0) is 38.6 Å². The third-order valence-electron chi connectivity index (χ3n) is 2.53. The Balaban J connectivity index is 3.19. The van der Waals surface area contributed by atoms with Crippen LogP contribution in [0.25, 0.3) is 0 Å². The Morgan fingerprint density at radius 2 is 2.06 bits per heavy atom. The Morgan fingerprint density at radius 1 is 1.29 bits per heavy atom. The van der Waals surface area contributed by atoms with Gasteiger partial charge in [0.15, 0.2) is 0 Å². The minimum absolute atomic E-state index is 0.00633. The maximum atomic E-state index is 10.3. The van der Waals surface area contributed by atoms with Crippen LogP contribution in [0.1, 0.15) is 51.4 Å². The summed E-state index contributed by atoms with van der Waals surface area (Å²) in [5.74, 6) is -0.729. The number of hydrogen-bond donors (Lipinski definition) is 3. The molecule has 0 saturated carbocycles. The number of hydrogen-bond acceptors (Lipinski definition) is 4. The number of nitriles is 1. The van der Waals surface area contributed by atoms with E-state index in [1.165, 1.54) is 0 Å². The molecule has 0 aromatic rings. The third kappa shape index (κ3) is 12.8. The first-order valence-electron chi connectivity index (χ1n) is 6.24. The average molecular weight is 241 g/mol. The van der Waals surface area contributed by atoms with Crippen LogP contribution in [0.4, 0.5) is 0 Å². The summed E-state index contributed by atoms with van der Waals surface area (Å²) in [6.45, 7) is 0.832. The van der Waals surface area contributed by atoms with Crippen LogP contribution in [0.2, 0.25) is 0 Å². The number of unbranched alkanes of at least 4 members (excludes halogenated alkanes) is 4. The SMILES string of the molecule is N#CCCCCC(N)NCCCCCC(=O)O. The topological polar surface area (TPSA) is 99.1 Å². The predicted molar refractivity (Wildman–Crippen MR) is 66.2 cm³/mol. The normalized spacial score (nSPS) is 12.0. The quantitative estimate of drug-likeness (QED) is 0.377. The lowest BCUT2D eigenvalue weighted by Gasteiger charge is -2.12. The van der Waals surface area contributed by atoms with Crippen LogP contribution in [0.3, 0.4) is 0 Å². The molecule has 0 spiro atoms. The number of rotatable bonds is 11. The Labute approximate surface area is 103 Å². The molecule has 0 fully saturated rings. The van der Waals surface area contributed by atoms with E-state index in [1.807, 2.05) is 0 Å². The minimum Gasteiger partial charge on any atom is -0.481 e. The fourth-order valence-corrected chi connectivity index (χ4v) is 1.54. The molecule has 1 atom stereocenters. The number of aliphatic carboxylic acids is 1. The number of nitrogens with two attached hydrogens (primary N) is 1. The van der Waals surface area contributed by atoms with Crippen molar-refractivity contribution in [2.75, 3.05) is 6.54 Å². The molecular formula is C12H23N3O2. The van der Waals surface area contributed by atoms with Crippen LogP contribution < -0.4 is 11.1 Å². The molecule has 0 aromatic carbocycles. The highest BCUT2D eigenvalue weighted by atomic mass is 16.4. The average Bonchev–Trinajstić information content (AvgIpc) is 2.29. The highest BCUT2D eigenvalue weighted by Gasteiger charge is 2.01. The second-order valence-corrected chi connectivity index (χ2v) is 4.17. The van der Waals surface area contributed by atoms with Crippen molar-refractivity contribution in [3.05, 3.63) is 0 Å². The summed E-state index contributed by atoms with van der Waals surface area (Å²) < 4.78 is 0. The van der Waals surface area contributed by atoms with Gasteiger partial charge in [0.05, 0.1) is 12.2 Å². The lowest BCUT2D eigenvalue weighted by Crippen LogP contribution is -2.37. The largest absolute Gasteiger partial charge is 0.481 e. The number of carboxylic acids is 1. The van der Waals surface area contributed by atoms with Crippen molar-refractivity contribution in [1.29, 1.82) is 5.26 Å². The summed E-state index contributed by atoms with van der Waals surface area (Å²) in [6.07, 6.45) is 6.21. The van der Waals surface area contributed by atoms with Gasteiger partial charge >= 0.3 is 5.97 Å². The molecule has 0 amide bonds. The van der Waals surface area contributed by atoms with Crippen molar-refractivity contribution in [2.45, 2.75) is 57.5 Å². The van der Waals surface area contributed by atoms with Crippen molar-refractivity contribution >= 4 is 5.97 Å². The summed E-state index contributed by atoms with van der Waals surface area (Å²) in [7, 11) is 0. The number of carboxylic acid groups (broad SMARTS) is 1. The molecule has 98 valence electrons. The highest BCUT2D eigenvalue weighted by molar-refractivity contribution is 5.66. The molecule has 0 saturated heterocycles. The minimum atomic E-state index is -0.729. The lowest BCUT2D eigenvalue weighted by atomic mass is 10.1. The van der Waals surface area contributed by atoms with Crippen LogP contribution in [0.5, 0.6) is 0 Å². The third-order valence-corrected chi connectivity index (χ3v) is 2.53. The monoisotopic (exact) mass is 241 g/mol. The van der Waals surface area contributed by atoms with Crippen LogP contribution in [-0.2, 0) is 4.79 Å². The van der Waals surface area contributed by atoms with Gasteiger partial charge in [-0.1, -0.05) is 6.42 Å². The number of nitrogens with zero attached hydrogens (tertiary/aromatic N) is 1. The van der Waals surface area contributed by atoms with Crippen molar-refractivity contribution < 1.29 is 9.90 Å². The zero-order valence-electron chi connectivity index (χ0n) is 10.3. The summed E-state index contributed by atoms with van der Waals surface area (Å²) in [4.78, 5) is 10.3. The standard InChI is InChI=1S/C12H23N3O2/c13-9-5-1-3-7-11(14)15-10-6-2-4-8-12(16)17/h11,15H,1-8,10,14H2,(H,16,17). The smallest absolute Gasteiger partial charge is 0.303 e. The maximum absolute atomic E-state index is 10.3. The van der Waals surface area contributed by atoms with Gasteiger partial charge in [0.25, 0.3) is 0 Å². The Kier molecular flexibility index (Phi) is 10.6. The molecule has 0 rings (SSSR count). The molecule has 17 heavy (non-hydrogen) atoms. The van der Waals surface area contributed by atoms with Crippen molar-refractivity contribution in [3.8, 4) is 6.07 Å². The second kappa shape index (κ2) is 11.4. The molecule has 0 radical (unpaired) electrons. The van der Waals surface area contributed by atoms with Crippen LogP contribution >= 0.6 is 0 Å². The van der Waals surface area contributed by atoms with E-state index < -0.39 is 5.97 Å². The van der Waals surface area contributed by atoms with Crippen LogP contribution in [0, 0.1) is 11.3 Å². The molecule has 0 aliphatic rings. The zero-order valence-corrected chi connectivity index (χ0v) is 10.3. The van der Waals surface area contributed by atoms with Crippen molar-refractivity contribution in [2.24, 2.45) is 5.73 Å². The fraction of sp³-hybridized carbons (Fsp3) is 0.833. The van der Waals surface area contributed by atoms with E-state index in [9.17, 15) is 4.79 Å². The summed E-state index contributed by atoms with van der Waals surface area (Å²) in [6, 6.07) is 2.11. The van der Waals surface area contributed by atoms with Crippen LogP contribution in [0.15, 0.2) is 0 Å². The Hall–Kier alpha value is -1.12. The van der Waals surface area contributed by atoms with E-state index in [0.717, 1.165) is 45.1 Å². The van der Waals surface area contributed by atoms with Crippen molar-refractivity contribution in [1.82, 2.24) is 5.32 Å². The van der Waals surface area contributed by atoms with Gasteiger partial charge in [-0.25, -0.2) is 0 Å². The molecule has 5 heteroatoms. The van der Waals surface area contributed by atoms with E-state index in [0.29, 0.717) is 6.42 Å². The van der Waals surface area contributed by atoms with E-state index >= 15 is 0 Å². The molecule has 0 heterocycles. The van der Waals surface area contributed by atoms with Gasteiger partial charge in [-0.3, -0.25) is 4.79 Å². The van der Waals surface area contributed by atoms with E-state index in [2.05, 4.69) is 11.4 Å². The first kappa shape index (κ1) is 15.9. The van der Waals surface area contributed by atoms with E-state index in [1.54, 1.807) is 0 Å². The molecule has 1 unspecified atom stereocenters. The first-order valence-corrected chi connectivity index (χ1v) is 6.24. The molecule has 0 aliphatic carbocycles. The molecule has 0 aromatic heterocycles. The van der Waals surface area contributed by atoms with Gasteiger partial charge in [0.1, 0.15) is 0 Å². The maximum Gasteiger partial charge on any atom is 0.303 e. The molecule has 5 nitrogen and oxygen atoms in total. The van der Waals surface area contributed by atoms with E-state index in [4.69, 9.17) is 16.1 Å². The molecular weight excluding hydrogens is 218 g/mol.